The topological polar surface area (TPSA) is 214 Å². The van der Waals surface area contributed by atoms with Gasteiger partial charge in [-0.2, -0.15) is 0 Å². The van der Waals surface area contributed by atoms with E-state index in [0.717, 1.165) is 0 Å². The fraction of sp³-hybridized carbons (Fsp3) is 0.667. The van der Waals surface area contributed by atoms with Crippen molar-refractivity contribution in [3.63, 3.8) is 0 Å². The zero-order chi connectivity index (χ0) is 21.1. The van der Waals surface area contributed by atoms with Gasteiger partial charge in [-0.1, -0.05) is 20.3 Å². The first kappa shape index (κ1) is 24.3. The molecule has 9 N–H and O–H groups in total. The van der Waals surface area contributed by atoms with Crippen LogP contribution in [0.15, 0.2) is 0 Å². The van der Waals surface area contributed by atoms with Crippen LogP contribution in [0.5, 0.6) is 0 Å². The lowest BCUT2D eigenvalue weighted by atomic mass is 9.97. The molecule has 0 rings (SSSR count). The molecule has 27 heavy (non-hydrogen) atoms. The van der Waals surface area contributed by atoms with Gasteiger partial charge in [0.1, 0.15) is 12.1 Å². The Hall–Kier alpha value is -2.73. The van der Waals surface area contributed by atoms with Crippen molar-refractivity contribution in [1.29, 1.82) is 0 Å². The van der Waals surface area contributed by atoms with Crippen LogP contribution in [0.4, 0.5) is 0 Å². The van der Waals surface area contributed by atoms with Crippen molar-refractivity contribution in [1.82, 2.24) is 16.0 Å². The summed E-state index contributed by atoms with van der Waals surface area (Å²) in [5.74, 6) is -4.77. The van der Waals surface area contributed by atoms with Gasteiger partial charge in [-0.25, -0.2) is 4.79 Å². The smallest absolute Gasteiger partial charge is 0.328 e. The van der Waals surface area contributed by atoms with E-state index in [4.69, 9.17) is 21.7 Å². The van der Waals surface area contributed by atoms with Gasteiger partial charge in [0.25, 0.3) is 0 Å². The van der Waals surface area contributed by atoms with Crippen LogP contribution in [-0.4, -0.2) is 71.1 Å². The van der Waals surface area contributed by atoms with Crippen LogP contribution in [0.2, 0.25) is 0 Å². The molecule has 0 fully saturated rings. The molecule has 0 aliphatic rings. The molecule has 0 aromatic rings. The number of hydrogen-bond acceptors (Lipinski definition) is 7. The molecule has 12 nitrogen and oxygen atoms in total. The van der Waals surface area contributed by atoms with Crippen molar-refractivity contribution in [2.45, 2.75) is 44.8 Å². The standard InChI is InChI=1S/C15H27N5O7/c1-3-7(2)12(20-13(24)8(16)4-10(17)22)14(25)18-5-11(23)19-9(6-21)15(26)27/h7-9,12,21H,3-6,16H2,1-2H3,(H2,17,22)(H,18,25)(H,19,23)(H,20,24)(H,26,27). The number of carbonyl (C=O) groups is 5. The Morgan fingerprint density at radius 3 is 2.11 bits per heavy atom. The molecule has 0 aliphatic heterocycles. The number of nitrogens with two attached hydrogens (primary N) is 2. The van der Waals surface area contributed by atoms with Crippen molar-refractivity contribution in [2.75, 3.05) is 13.2 Å². The highest BCUT2D eigenvalue weighted by molar-refractivity contribution is 5.94. The minimum atomic E-state index is -1.49. The van der Waals surface area contributed by atoms with Crippen molar-refractivity contribution < 1.29 is 34.2 Å². The van der Waals surface area contributed by atoms with E-state index >= 15 is 0 Å². The van der Waals surface area contributed by atoms with Gasteiger partial charge >= 0.3 is 5.97 Å². The molecule has 0 aromatic heterocycles. The summed E-state index contributed by atoms with van der Waals surface area (Å²) in [6, 6.07) is -3.74. The average Bonchev–Trinajstić information content (AvgIpc) is 2.60. The number of rotatable bonds is 12. The van der Waals surface area contributed by atoms with Crippen LogP contribution >= 0.6 is 0 Å². The number of carboxylic acids is 1. The second kappa shape index (κ2) is 11.8. The van der Waals surface area contributed by atoms with E-state index in [1.807, 2.05) is 5.32 Å². The minimum Gasteiger partial charge on any atom is -0.480 e. The zero-order valence-electron chi connectivity index (χ0n) is 15.2. The summed E-state index contributed by atoms with van der Waals surface area (Å²) in [5.41, 5.74) is 10.5. The molecule has 0 saturated heterocycles. The van der Waals surface area contributed by atoms with Crippen LogP contribution in [0, 0.1) is 5.92 Å². The fourth-order valence-electron chi connectivity index (χ4n) is 1.98. The normalized spacial score (nSPS) is 15.0. The third-order valence-electron chi connectivity index (χ3n) is 3.79. The molecular formula is C15H27N5O7. The third-order valence-corrected chi connectivity index (χ3v) is 3.79. The number of carbonyl (C=O) groups excluding carboxylic acids is 4. The van der Waals surface area contributed by atoms with Gasteiger partial charge in [-0.3, -0.25) is 19.2 Å². The van der Waals surface area contributed by atoms with Gasteiger partial charge in [0.05, 0.1) is 25.6 Å². The Kier molecular flexibility index (Phi) is 10.6. The molecule has 12 heteroatoms. The van der Waals surface area contributed by atoms with Crippen molar-refractivity contribution >= 4 is 29.6 Å². The molecule has 4 unspecified atom stereocenters. The number of carboxylic acid groups (broad SMARTS) is 1. The maximum Gasteiger partial charge on any atom is 0.328 e. The fourth-order valence-corrected chi connectivity index (χ4v) is 1.98. The number of aliphatic carboxylic acids is 1. The van der Waals surface area contributed by atoms with E-state index in [1.54, 1.807) is 13.8 Å². The molecule has 4 atom stereocenters. The summed E-state index contributed by atoms with van der Waals surface area (Å²) in [4.78, 5) is 57.6. The number of aliphatic hydroxyl groups is 1. The predicted octanol–water partition coefficient (Wildman–Crippen LogP) is -3.60. The lowest BCUT2D eigenvalue weighted by Crippen LogP contribution is -2.56. The monoisotopic (exact) mass is 389 g/mol. The first-order valence-corrected chi connectivity index (χ1v) is 8.28. The van der Waals surface area contributed by atoms with Crippen LogP contribution in [0.25, 0.3) is 0 Å². The van der Waals surface area contributed by atoms with Gasteiger partial charge in [0, 0.05) is 0 Å². The Bertz CT molecular complexity index is 569. The Morgan fingerprint density at radius 2 is 1.67 bits per heavy atom. The zero-order valence-corrected chi connectivity index (χ0v) is 15.2. The molecule has 0 aliphatic carbocycles. The van der Waals surface area contributed by atoms with E-state index in [9.17, 15) is 24.0 Å². The van der Waals surface area contributed by atoms with Crippen LogP contribution in [0.3, 0.4) is 0 Å². The predicted molar refractivity (Wildman–Crippen MR) is 92.8 cm³/mol. The molecule has 0 radical (unpaired) electrons. The number of amides is 4. The van der Waals surface area contributed by atoms with Crippen molar-refractivity contribution in [2.24, 2.45) is 17.4 Å². The Balaban J connectivity index is 4.84. The highest BCUT2D eigenvalue weighted by Crippen LogP contribution is 2.08. The van der Waals surface area contributed by atoms with E-state index in [2.05, 4.69) is 10.6 Å². The molecule has 154 valence electrons. The second-order valence-electron chi connectivity index (χ2n) is 6.01. The summed E-state index contributed by atoms with van der Waals surface area (Å²) < 4.78 is 0. The molecule has 0 bridgehead atoms. The molecule has 0 aromatic carbocycles. The number of aliphatic hydroxyl groups excluding tert-OH is 1. The summed E-state index contributed by atoms with van der Waals surface area (Å²) >= 11 is 0. The molecule has 4 amide bonds. The largest absolute Gasteiger partial charge is 0.480 e. The first-order valence-electron chi connectivity index (χ1n) is 8.28. The second-order valence-corrected chi connectivity index (χ2v) is 6.01. The van der Waals surface area contributed by atoms with E-state index in [1.165, 1.54) is 0 Å². The van der Waals surface area contributed by atoms with Crippen LogP contribution < -0.4 is 27.4 Å². The molecular weight excluding hydrogens is 362 g/mol. The van der Waals surface area contributed by atoms with Gasteiger partial charge in [0.15, 0.2) is 0 Å². The van der Waals surface area contributed by atoms with E-state index in [0.29, 0.717) is 6.42 Å². The number of primary amides is 1. The van der Waals surface area contributed by atoms with Crippen LogP contribution in [-0.2, 0) is 24.0 Å². The summed E-state index contributed by atoms with van der Waals surface area (Å²) in [6.07, 6.45) is 0.127. The first-order chi connectivity index (χ1) is 12.5. The van der Waals surface area contributed by atoms with Gasteiger partial charge < -0.3 is 37.6 Å². The Labute approximate surface area is 156 Å². The van der Waals surface area contributed by atoms with E-state index < -0.39 is 60.9 Å². The summed E-state index contributed by atoms with van der Waals surface area (Å²) in [5, 5.41) is 24.3. The summed E-state index contributed by atoms with van der Waals surface area (Å²) in [6.45, 7) is 2.11. The number of nitrogens with one attached hydrogen (secondary N) is 3. The quantitative estimate of drug-likeness (QED) is 0.176. The highest BCUT2D eigenvalue weighted by Gasteiger charge is 2.29. The SMILES string of the molecule is CCC(C)C(NC(=O)C(N)CC(N)=O)C(=O)NCC(=O)NC(CO)C(=O)O. The summed E-state index contributed by atoms with van der Waals surface area (Å²) in [7, 11) is 0. The lowest BCUT2D eigenvalue weighted by Gasteiger charge is -2.25. The maximum atomic E-state index is 12.3. The third kappa shape index (κ3) is 8.96. The van der Waals surface area contributed by atoms with Gasteiger partial charge in [-0.05, 0) is 5.92 Å². The van der Waals surface area contributed by atoms with Gasteiger partial charge in [0.2, 0.25) is 23.6 Å². The maximum absolute atomic E-state index is 12.3. The van der Waals surface area contributed by atoms with Gasteiger partial charge in [-0.15, -0.1) is 0 Å². The Morgan fingerprint density at radius 1 is 1.07 bits per heavy atom. The average molecular weight is 389 g/mol. The molecule has 0 spiro atoms. The van der Waals surface area contributed by atoms with Crippen molar-refractivity contribution in [3.8, 4) is 0 Å². The minimum absolute atomic E-state index is 0.318. The molecule has 0 saturated carbocycles. The van der Waals surface area contributed by atoms with Crippen LogP contribution in [0.1, 0.15) is 26.7 Å². The van der Waals surface area contributed by atoms with Crippen molar-refractivity contribution in [3.05, 3.63) is 0 Å². The number of hydrogen-bond donors (Lipinski definition) is 7. The lowest BCUT2D eigenvalue weighted by molar-refractivity contribution is -0.142. The highest BCUT2D eigenvalue weighted by atomic mass is 16.4. The molecule has 0 heterocycles. The van der Waals surface area contributed by atoms with E-state index in [-0.39, 0.29) is 12.3 Å².